The molecule has 1 aliphatic rings. The molecule has 0 aromatic rings. The number of amides is 5. The third-order valence-electron chi connectivity index (χ3n) is 4.55. The molecule has 13 nitrogen and oxygen atoms in total. The summed E-state index contributed by atoms with van der Waals surface area (Å²) in [7, 11) is 1.18. The van der Waals surface area contributed by atoms with Gasteiger partial charge in [0, 0.05) is 19.9 Å². The van der Waals surface area contributed by atoms with Crippen LogP contribution in [0.5, 0.6) is 0 Å². The summed E-state index contributed by atoms with van der Waals surface area (Å²) < 4.78 is 4.44. The number of rotatable bonds is 11. The summed E-state index contributed by atoms with van der Waals surface area (Å²) >= 11 is 0. The maximum atomic E-state index is 12.5. The number of esters is 1. The second-order valence-electron chi connectivity index (χ2n) is 6.84. The zero-order chi connectivity index (χ0) is 23.6. The fourth-order valence-corrected chi connectivity index (χ4v) is 2.99. The first-order chi connectivity index (χ1) is 14.6. The van der Waals surface area contributed by atoms with E-state index in [4.69, 9.17) is 5.73 Å². The standard InChI is InChI=1S/C18H27N5O8/c1-10(24)22-11(5-6-13(25)16(19)28)17(29)20-8-14(26)23-7-3-4-12(23)18(30)21-9-15(27)31-2/h11-12H,3-9H2,1-2H3,(H2,19,28)(H,20,29)(H,21,30)(H,22,24)/t11-,12-/m0/s1. The molecule has 0 spiro atoms. The van der Waals surface area contributed by atoms with Crippen LogP contribution in [0.2, 0.25) is 0 Å². The molecular weight excluding hydrogens is 414 g/mol. The highest BCUT2D eigenvalue weighted by Gasteiger charge is 2.34. The molecule has 0 radical (unpaired) electrons. The van der Waals surface area contributed by atoms with Crippen molar-refractivity contribution in [3.63, 3.8) is 0 Å². The van der Waals surface area contributed by atoms with E-state index < -0.39 is 59.9 Å². The van der Waals surface area contributed by atoms with Crippen LogP contribution in [-0.2, 0) is 38.3 Å². The number of nitrogens with one attached hydrogen (secondary N) is 3. The average molecular weight is 441 g/mol. The lowest BCUT2D eigenvalue weighted by Crippen LogP contribution is -2.52. The van der Waals surface area contributed by atoms with E-state index in [-0.39, 0.29) is 19.4 Å². The van der Waals surface area contributed by atoms with Crippen molar-refractivity contribution in [1.82, 2.24) is 20.9 Å². The molecule has 0 aliphatic carbocycles. The van der Waals surface area contributed by atoms with Gasteiger partial charge in [-0.3, -0.25) is 33.6 Å². The van der Waals surface area contributed by atoms with Gasteiger partial charge in [0.1, 0.15) is 18.6 Å². The summed E-state index contributed by atoms with van der Waals surface area (Å²) in [6, 6.07) is -1.93. The molecule has 1 fully saturated rings. The molecule has 1 aliphatic heterocycles. The van der Waals surface area contributed by atoms with Gasteiger partial charge >= 0.3 is 5.97 Å². The molecular formula is C18H27N5O8. The van der Waals surface area contributed by atoms with Crippen LogP contribution in [0.15, 0.2) is 0 Å². The van der Waals surface area contributed by atoms with E-state index in [1.165, 1.54) is 18.9 Å². The number of ketones is 1. The SMILES string of the molecule is COC(=O)CNC(=O)[C@@H]1CCCN1C(=O)CNC(=O)[C@H](CCC(=O)C(N)=O)NC(C)=O. The highest BCUT2D eigenvalue weighted by molar-refractivity contribution is 6.35. The number of primary amides is 1. The molecule has 1 heterocycles. The van der Waals surface area contributed by atoms with Gasteiger partial charge in [0.05, 0.1) is 13.7 Å². The predicted octanol–water partition coefficient (Wildman–Crippen LogP) is -3.28. The van der Waals surface area contributed by atoms with Crippen LogP contribution in [0.25, 0.3) is 0 Å². The molecule has 0 aromatic heterocycles. The summed E-state index contributed by atoms with van der Waals surface area (Å²) in [6.45, 7) is 0.697. The third kappa shape index (κ3) is 8.40. The van der Waals surface area contributed by atoms with Crippen LogP contribution >= 0.6 is 0 Å². The van der Waals surface area contributed by atoms with Crippen LogP contribution in [-0.4, -0.2) is 85.0 Å². The molecule has 0 saturated carbocycles. The molecule has 5 amide bonds. The molecule has 172 valence electrons. The maximum Gasteiger partial charge on any atom is 0.325 e. The average Bonchev–Trinajstić information content (AvgIpc) is 3.22. The number of carbonyl (C=O) groups is 7. The fraction of sp³-hybridized carbons (Fsp3) is 0.611. The number of likely N-dealkylation sites (tertiary alicyclic amines) is 1. The van der Waals surface area contributed by atoms with Gasteiger partial charge in [0.15, 0.2) is 0 Å². The van der Waals surface area contributed by atoms with E-state index in [1.54, 1.807) is 0 Å². The molecule has 2 atom stereocenters. The first-order valence-corrected chi connectivity index (χ1v) is 9.58. The van der Waals surface area contributed by atoms with Crippen LogP contribution < -0.4 is 21.7 Å². The number of Topliss-reactive ketones (excluding diaryl/α,β-unsaturated/α-hetero) is 1. The summed E-state index contributed by atoms with van der Waals surface area (Å²) in [6.07, 6.45) is 0.441. The lowest BCUT2D eigenvalue weighted by molar-refractivity contribution is -0.143. The van der Waals surface area contributed by atoms with E-state index in [0.717, 1.165) is 0 Å². The molecule has 1 saturated heterocycles. The minimum atomic E-state index is -1.15. The molecule has 0 aromatic carbocycles. The second kappa shape index (κ2) is 12.2. The van der Waals surface area contributed by atoms with E-state index in [2.05, 4.69) is 20.7 Å². The van der Waals surface area contributed by atoms with Crippen molar-refractivity contribution in [2.75, 3.05) is 26.7 Å². The van der Waals surface area contributed by atoms with Crippen LogP contribution in [0, 0.1) is 0 Å². The minimum Gasteiger partial charge on any atom is -0.468 e. The zero-order valence-electron chi connectivity index (χ0n) is 17.4. The van der Waals surface area contributed by atoms with Gasteiger partial charge in [-0.15, -0.1) is 0 Å². The minimum absolute atomic E-state index is 0.177. The van der Waals surface area contributed by atoms with Crippen LogP contribution in [0.3, 0.4) is 0 Å². The van der Waals surface area contributed by atoms with Crippen LogP contribution in [0.4, 0.5) is 0 Å². The predicted molar refractivity (Wildman–Crippen MR) is 104 cm³/mol. The Morgan fingerprint density at radius 2 is 1.77 bits per heavy atom. The largest absolute Gasteiger partial charge is 0.468 e. The maximum absolute atomic E-state index is 12.5. The van der Waals surface area contributed by atoms with Gasteiger partial charge < -0.3 is 31.3 Å². The number of hydrogen-bond donors (Lipinski definition) is 4. The van der Waals surface area contributed by atoms with Gasteiger partial charge in [0.25, 0.3) is 5.91 Å². The lowest BCUT2D eigenvalue weighted by atomic mass is 10.1. The molecule has 13 heteroatoms. The van der Waals surface area contributed by atoms with Crippen molar-refractivity contribution >= 4 is 41.3 Å². The summed E-state index contributed by atoms with van der Waals surface area (Å²) in [5, 5.41) is 7.09. The van der Waals surface area contributed by atoms with Gasteiger partial charge in [-0.05, 0) is 19.3 Å². The summed E-state index contributed by atoms with van der Waals surface area (Å²) in [5.41, 5.74) is 4.87. The number of methoxy groups -OCH3 is 1. The Bertz CT molecular complexity index is 753. The number of nitrogens with zero attached hydrogens (tertiary/aromatic N) is 1. The van der Waals surface area contributed by atoms with Crippen molar-refractivity contribution in [3.05, 3.63) is 0 Å². The topological polar surface area (TPSA) is 194 Å². The van der Waals surface area contributed by atoms with Gasteiger partial charge in [-0.2, -0.15) is 0 Å². The Morgan fingerprint density at radius 3 is 2.35 bits per heavy atom. The van der Waals surface area contributed by atoms with Gasteiger partial charge in [-0.1, -0.05) is 0 Å². The highest BCUT2D eigenvalue weighted by atomic mass is 16.5. The number of ether oxygens (including phenoxy) is 1. The first-order valence-electron chi connectivity index (χ1n) is 9.58. The third-order valence-corrected chi connectivity index (χ3v) is 4.55. The Morgan fingerprint density at radius 1 is 1.10 bits per heavy atom. The molecule has 1 rings (SSSR count). The summed E-state index contributed by atoms with van der Waals surface area (Å²) in [4.78, 5) is 83.0. The molecule has 31 heavy (non-hydrogen) atoms. The molecule has 0 bridgehead atoms. The molecule has 0 unspecified atom stereocenters. The quantitative estimate of drug-likeness (QED) is 0.189. The Labute approximate surface area is 178 Å². The van der Waals surface area contributed by atoms with Crippen LogP contribution in [0.1, 0.15) is 32.6 Å². The zero-order valence-corrected chi connectivity index (χ0v) is 17.4. The normalized spacial score (nSPS) is 16.1. The first kappa shape index (κ1) is 25.5. The lowest BCUT2D eigenvalue weighted by Gasteiger charge is -2.24. The van der Waals surface area contributed by atoms with Crippen molar-refractivity contribution in [2.45, 2.75) is 44.7 Å². The Hall–Kier alpha value is -3.51. The highest BCUT2D eigenvalue weighted by Crippen LogP contribution is 2.17. The Balaban J connectivity index is 2.63. The van der Waals surface area contributed by atoms with E-state index in [9.17, 15) is 33.6 Å². The van der Waals surface area contributed by atoms with Crippen molar-refractivity contribution in [1.29, 1.82) is 0 Å². The van der Waals surface area contributed by atoms with Gasteiger partial charge in [-0.25, -0.2) is 0 Å². The Kier molecular flexibility index (Phi) is 10.1. The smallest absolute Gasteiger partial charge is 0.325 e. The van der Waals surface area contributed by atoms with E-state index >= 15 is 0 Å². The summed E-state index contributed by atoms with van der Waals surface area (Å²) in [5.74, 6) is -4.98. The number of hydrogen-bond acceptors (Lipinski definition) is 8. The number of nitrogens with two attached hydrogens (primary N) is 1. The van der Waals surface area contributed by atoms with Crippen molar-refractivity contribution in [2.24, 2.45) is 5.73 Å². The molecule has 5 N–H and O–H groups in total. The van der Waals surface area contributed by atoms with Crippen molar-refractivity contribution < 1.29 is 38.3 Å². The fourth-order valence-electron chi connectivity index (χ4n) is 2.99. The monoisotopic (exact) mass is 441 g/mol. The number of carbonyl (C=O) groups excluding carboxylic acids is 7. The second-order valence-corrected chi connectivity index (χ2v) is 6.84. The van der Waals surface area contributed by atoms with Gasteiger partial charge in [0.2, 0.25) is 29.4 Å². The van der Waals surface area contributed by atoms with E-state index in [1.807, 2.05) is 0 Å². The van der Waals surface area contributed by atoms with Crippen molar-refractivity contribution in [3.8, 4) is 0 Å². The van der Waals surface area contributed by atoms with E-state index in [0.29, 0.717) is 19.4 Å².